The minimum atomic E-state index is -6.03. The summed E-state index contributed by atoms with van der Waals surface area (Å²) in [4.78, 5) is 10.0. The average Bonchev–Trinajstić information content (AvgIpc) is 1.52. The van der Waals surface area contributed by atoms with E-state index in [1.807, 2.05) is 0 Å². The summed E-state index contributed by atoms with van der Waals surface area (Å²) in [7, 11) is -11.0. The van der Waals surface area contributed by atoms with Crippen molar-refractivity contribution >= 4 is 17.7 Å². The smallest absolute Gasteiger partial charge is 0.523 e. The van der Waals surface area contributed by atoms with Gasteiger partial charge in [0.25, 0.3) is 0 Å². The lowest BCUT2D eigenvalue weighted by atomic mass is 11.6. The number of alkyl halides is 3. The fraction of sp³-hybridized carbons (Fsp3) is 1.00. The van der Waals surface area contributed by atoms with Gasteiger partial charge in [0, 0.05) is 6.66 Å². The number of halogens is 3. The maximum atomic E-state index is 11.4. The van der Waals surface area contributed by atoms with Crippen LogP contribution in [0.2, 0.25) is 0 Å². The molecule has 0 amide bonds. The van der Waals surface area contributed by atoms with Crippen LogP contribution in [0.25, 0.3) is 0 Å². The maximum Gasteiger partial charge on any atom is 0.523 e. The van der Waals surface area contributed by atoms with Crippen LogP contribution in [0.4, 0.5) is 13.2 Å². The van der Waals surface area contributed by atoms with E-state index in [9.17, 15) is 31.0 Å². The highest BCUT2D eigenvalue weighted by atomic mass is 32.2. The first-order chi connectivity index (χ1) is 4.96. The Morgan fingerprint density at radius 3 is 1.83 bits per heavy atom. The molecule has 1 unspecified atom stereocenters. The van der Waals surface area contributed by atoms with Crippen LogP contribution in [0.5, 0.6) is 0 Å². The molecule has 5 nitrogen and oxygen atoms in total. The van der Waals surface area contributed by atoms with Crippen molar-refractivity contribution in [3.05, 3.63) is 0 Å². The van der Waals surface area contributed by atoms with Gasteiger partial charge in [0.2, 0.25) is 0 Å². The van der Waals surface area contributed by atoms with Crippen LogP contribution in [-0.4, -0.2) is 20.6 Å². The predicted molar refractivity (Wildman–Crippen MR) is 29.6 cm³/mol. The van der Waals surface area contributed by atoms with Crippen molar-refractivity contribution in [3.8, 4) is 0 Å². The van der Waals surface area contributed by atoms with E-state index in [4.69, 9.17) is 0 Å². The van der Waals surface area contributed by atoms with Gasteiger partial charge in [-0.1, -0.05) is 0 Å². The molecule has 74 valence electrons. The van der Waals surface area contributed by atoms with E-state index in [2.05, 4.69) is 3.97 Å². The third kappa shape index (κ3) is 3.53. The van der Waals surface area contributed by atoms with Crippen LogP contribution < -0.4 is 4.89 Å². The van der Waals surface area contributed by atoms with Crippen LogP contribution in [0.1, 0.15) is 0 Å². The summed E-state index contributed by atoms with van der Waals surface area (Å²) >= 11 is 0. The molecule has 12 heavy (non-hydrogen) atoms. The summed E-state index contributed by atoms with van der Waals surface area (Å²) in [6.45, 7) is 0.219. The Balaban J connectivity index is 4.83. The van der Waals surface area contributed by atoms with Crippen LogP contribution >= 0.6 is 7.60 Å². The second-order valence-corrected chi connectivity index (χ2v) is 5.26. The molecule has 0 bridgehead atoms. The summed E-state index contributed by atoms with van der Waals surface area (Å²) in [6, 6.07) is 0. The molecule has 10 heteroatoms. The van der Waals surface area contributed by atoms with Gasteiger partial charge in [-0.3, -0.25) is 0 Å². The number of hydrogen-bond acceptors (Lipinski definition) is 5. The Hall–Kier alpha value is -0.110. The first-order valence-corrected chi connectivity index (χ1v) is 5.66. The molecule has 0 aliphatic rings. The Morgan fingerprint density at radius 2 is 1.75 bits per heavy atom. The molecule has 0 rings (SSSR count). The SMILES string of the molecule is CP(=O)([O-])OS(=O)(=O)C(F)(F)F. The lowest BCUT2D eigenvalue weighted by Crippen LogP contribution is -2.26. The van der Waals surface area contributed by atoms with Crippen LogP contribution in [0.3, 0.4) is 0 Å². The van der Waals surface area contributed by atoms with Crippen molar-refractivity contribution in [2.45, 2.75) is 5.51 Å². The molecule has 1 atom stereocenters. The summed E-state index contributed by atoms with van der Waals surface area (Å²) in [6.07, 6.45) is 0. The zero-order valence-electron chi connectivity index (χ0n) is 5.53. The summed E-state index contributed by atoms with van der Waals surface area (Å²) in [5.74, 6) is 0. The van der Waals surface area contributed by atoms with Crippen LogP contribution in [-0.2, 0) is 18.7 Å². The molecule has 0 fully saturated rings. The van der Waals surface area contributed by atoms with Crippen molar-refractivity contribution in [1.29, 1.82) is 0 Å². The lowest BCUT2D eigenvalue weighted by molar-refractivity contribution is -0.189. The van der Waals surface area contributed by atoms with Gasteiger partial charge in [-0.25, -0.2) is 3.97 Å². The molecule has 0 heterocycles. The van der Waals surface area contributed by atoms with Crippen LogP contribution in [0, 0.1) is 0 Å². The van der Waals surface area contributed by atoms with Gasteiger partial charge < -0.3 is 9.46 Å². The monoisotopic (exact) mass is 227 g/mol. The second-order valence-electron chi connectivity index (χ2n) is 1.75. The van der Waals surface area contributed by atoms with Gasteiger partial charge in [-0.2, -0.15) is 21.6 Å². The number of rotatable bonds is 2. The molecule has 0 saturated carbocycles. The third-order valence-corrected chi connectivity index (χ3v) is 2.95. The van der Waals surface area contributed by atoms with Gasteiger partial charge in [0.1, 0.15) is 0 Å². The topological polar surface area (TPSA) is 83.5 Å². The van der Waals surface area contributed by atoms with Crippen LogP contribution in [0.15, 0.2) is 0 Å². The van der Waals surface area contributed by atoms with Gasteiger partial charge in [0.15, 0.2) is 7.60 Å². The minimum absolute atomic E-state index is 0.219. The van der Waals surface area contributed by atoms with E-state index in [1.54, 1.807) is 0 Å². The minimum Gasteiger partial charge on any atom is -0.778 e. The van der Waals surface area contributed by atoms with E-state index in [0.29, 0.717) is 0 Å². The third-order valence-electron chi connectivity index (χ3n) is 0.517. The first kappa shape index (κ1) is 11.9. The predicted octanol–water partition coefficient (Wildman–Crippen LogP) is 0.0358. The summed E-state index contributed by atoms with van der Waals surface area (Å²) < 4.78 is 66.9. The van der Waals surface area contributed by atoms with Crippen molar-refractivity contribution < 1.29 is 35.0 Å². The molecule has 0 spiro atoms. The number of hydrogen-bond donors (Lipinski definition) is 0. The molecule has 0 aromatic rings. The Morgan fingerprint density at radius 1 is 1.42 bits per heavy atom. The quantitative estimate of drug-likeness (QED) is 0.491. The first-order valence-electron chi connectivity index (χ1n) is 2.27. The van der Waals surface area contributed by atoms with E-state index in [-0.39, 0.29) is 6.66 Å². The van der Waals surface area contributed by atoms with Gasteiger partial charge in [-0.05, 0) is 0 Å². The van der Waals surface area contributed by atoms with E-state index < -0.39 is 23.2 Å². The van der Waals surface area contributed by atoms with Crippen molar-refractivity contribution in [3.63, 3.8) is 0 Å². The highest BCUT2D eigenvalue weighted by Crippen LogP contribution is 2.39. The highest BCUT2D eigenvalue weighted by molar-refractivity contribution is 7.91. The van der Waals surface area contributed by atoms with Gasteiger partial charge in [-0.15, -0.1) is 0 Å². The Bertz CT molecular complexity index is 297. The van der Waals surface area contributed by atoms with Crippen molar-refractivity contribution in [2.24, 2.45) is 0 Å². The maximum absolute atomic E-state index is 11.4. The van der Waals surface area contributed by atoms with Gasteiger partial charge >= 0.3 is 15.6 Å². The zero-order valence-corrected chi connectivity index (χ0v) is 7.24. The molecule has 0 aromatic heterocycles. The molecular formula is C2H3F3O5PS-. The molecule has 0 saturated heterocycles. The van der Waals surface area contributed by atoms with Gasteiger partial charge in [0.05, 0.1) is 0 Å². The molecule has 0 aliphatic carbocycles. The highest BCUT2D eigenvalue weighted by Gasteiger charge is 2.48. The van der Waals surface area contributed by atoms with E-state index in [1.165, 1.54) is 0 Å². The second kappa shape index (κ2) is 2.99. The van der Waals surface area contributed by atoms with E-state index in [0.717, 1.165) is 0 Å². The Labute approximate surface area is 65.8 Å². The summed E-state index contributed by atoms with van der Waals surface area (Å²) in [5.41, 5.74) is -5.72. The zero-order chi connectivity index (χ0) is 10.2. The Kier molecular flexibility index (Phi) is 2.96. The molecular weight excluding hydrogens is 224 g/mol. The molecule has 0 N–H and O–H groups in total. The lowest BCUT2D eigenvalue weighted by Gasteiger charge is -2.17. The largest absolute Gasteiger partial charge is 0.778 e. The van der Waals surface area contributed by atoms with Crippen molar-refractivity contribution in [1.82, 2.24) is 0 Å². The fourth-order valence-corrected chi connectivity index (χ4v) is 1.98. The fourth-order valence-electron chi connectivity index (χ4n) is 0.221. The van der Waals surface area contributed by atoms with E-state index >= 15 is 0 Å². The molecule has 0 aromatic carbocycles. The standard InChI is InChI=1S/C2H4F3O5PS/c1-11(6,7)10-12(8,9)2(3,4)5/h1H3,(H,6,7)/p-1. The average molecular weight is 227 g/mol. The normalized spacial score (nSPS) is 18.8. The molecule has 0 aliphatic heterocycles. The summed E-state index contributed by atoms with van der Waals surface area (Å²) in [5, 5.41) is 0. The molecule has 0 radical (unpaired) electrons. The van der Waals surface area contributed by atoms with Crippen molar-refractivity contribution in [2.75, 3.05) is 6.66 Å².